The maximum Gasteiger partial charge on any atom is 0.259 e. The molecule has 0 spiro atoms. The molecule has 2 heterocycles. The van der Waals surface area contributed by atoms with Crippen LogP contribution in [0.5, 0.6) is 5.88 Å². The summed E-state index contributed by atoms with van der Waals surface area (Å²) in [7, 11) is 1.77. The number of alkyl halides is 1. The highest BCUT2D eigenvalue weighted by molar-refractivity contribution is 6.17. The van der Waals surface area contributed by atoms with Crippen LogP contribution in [-0.4, -0.2) is 46.8 Å². The minimum atomic E-state index is -0.0861. The van der Waals surface area contributed by atoms with Gasteiger partial charge in [-0.2, -0.15) is 0 Å². The lowest BCUT2D eigenvalue weighted by molar-refractivity contribution is 0.0758. The molecule has 0 aromatic carbocycles. The van der Waals surface area contributed by atoms with Crippen LogP contribution in [0, 0.1) is 6.92 Å². The number of carbonyl (C=O) groups excluding carboxylic acids is 1. The van der Waals surface area contributed by atoms with Crippen LogP contribution in [-0.2, 0) is 0 Å². The summed E-state index contributed by atoms with van der Waals surface area (Å²) >= 11 is 5.73. The first kappa shape index (κ1) is 14.7. The number of ether oxygens (including phenoxy) is 1. The molecule has 1 aliphatic rings. The molecule has 0 fully saturated rings. The van der Waals surface area contributed by atoms with Crippen molar-refractivity contribution >= 4 is 17.5 Å². The summed E-state index contributed by atoms with van der Waals surface area (Å²) in [6, 6.07) is 3.58. The maximum atomic E-state index is 12.1. The van der Waals surface area contributed by atoms with Crippen LogP contribution in [0.25, 0.3) is 0 Å². The quantitative estimate of drug-likeness (QED) is 0.755. The molecule has 2 N–H and O–H groups in total. The summed E-state index contributed by atoms with van der Waals surface area (Å²) in [6.45, 7) is 2.42. The lowest BCUT2D eigenvalue weighted by Gasteiger charge is -2.19. The highest BCUT2D eigenvalue weighted by atomic mass is 35.5. The molecule has 100 valence electrons. The van der Waals surface area contributed by atoms with Gasteiger partial charge in [0.05, 0.1) is 6.54 Å². The van der Waals surface area contributed by atoms with Gasteiger partial charge in [-0.15, -0.1) is 11.6 Å². The zero-order chi connectivity index (χ0) is 12.4. The molecule has 0 radical (unpaired) electrons. The number of hydrogen-bond acceptors (Lipinski definition) is 3. The summed E-state index contributed by atoms with van der Waals surface area (Å²) in [5, 5.41) is 0. The molecule has 18 heavy (non-hydrogen) atoms. The third-order valence-corrected chi connectivity index (χ3v) is 2.98. The monoisotopic (exact) mass is 272 g/mol. The van der Waals surface area contributed by atoms with E-state index in [1.54, 1.807) is 18.0 Å². The van der Waals surface area contributed by atoms with Crippen molar-refractivity contribution in [1.29, 1.82) is 0 Å². The Morgan fingerprint density at radius 2 is 2.28 bits per heavy atom. The second-order valence-corrected chi connectivity index (χ2v) is 4.59. The number of amides is 1. The number of aryl methyl sites for hydroxylation is 1. The molecule has 0 saturated heterocycles. The van der Waals surface area contributed by atoms with Crippen LogP contribution in [0.4, 0.5) is 0 Å². The Bertz CT molecular complexity index is 439. The average Bonchev–Trinajstić information content (AvgIpc) is 2.38. The summed E-state index contributed by atoms with van der Waals surface area (Å²) < 4.78 is 5.76. The Labute approximate surface area is 111 Å². The molecule has 1 unspecified atom stereocenters. The van der Waals surface area contributed by atoms with Crippen LogP contribution >= 0.6 is 11.6 Å². The predicted octanol–water partition coefficient (Wildman–Crippen LogP) is 1.03. The number of pyridine rings is 1. The molecule has 1 atom stereocenters. The molecule has 6 heteroatoms. The van der Waals surface area contributed by atoms with Gasteiger partial charge >= 0.3 is 0 Å². The van der Waals surface area contributed by atoms with Gasteiger partial charge in [-0.25, -0.2) is 4.98 Å². The van der Waals surface area contributed by atoms with Gasteiger partial charge in [-0.1, -0.05) is 0 Å². The average molecular weight is 273 g/mol. The fourth-order valence-electron chi connectivity index (χ4n) is 1.85. The van der Waals surface area contributed by atoms with Gasteiger partial charge < -0.3 is 15.1 Å². The second kappa shape index (κ2) is 6.02. The number of hydrogen-bond donors (Lipinski definition) is 0. The van der Waals surface area contributed by atoms with E-state index in [9.17, 15) is 4.79 Å². The van der Waals surface area contributed by atoms with E-state index < -0.39 is 0 Å². The van der Waals surface area contributed by atoms with Crippen LogP contribution in [0.1, 0.15) is 22.5 Å². The number of carbonyl (C=O) groups is 1. The van der Waals surface area contributed by atoms with Gasteiger partial charge in [0.15, 0.2) is 0 Å². The first-order valence-electron chi connectivity index (χ1n) is 5.57. The first-order chi connectivity index (χ1) is 8.11. The highest BCUT2D eigenvalue weighted by Crippen LogP contribution is 2.23. The molecule has 2 rings (SSSR count). The lowest BCUT2D eigenvalue weighted by atomic mass is 10.2. The second-order valence-electron chi connectivity index (χ2n) is 4.21. The molecule has 0 bridgehead atoms. The van der Waals surface area contributed by atoms with Crippen molar-refractivity contribution in [3.8, 4) is 5.88 Å². The highest BCUT2D eigenvalue weighted by Gasteiger charge is 2.27. The number of likely N-dealkylation sites (N-methyl/N-ethyl adjacent to an activating group) is 1. The van der Waals surface area contributed by atoms with Crippen molar-refractivity contribution in [2.45, 2.75) is 19.4 Å². The van der Waals surface area contributed by atoms with Gasteiger partial charge in [0.2, 0.25) is 5.88 Å². The number of aromatic nitrogens is 1. The topological polar surface area (TPSA) is 73.9 Å². The fraction of sp³-hybridized carbons (Fsp3) is 0.500. The first-order valence-corrected chi connectivity index (χ1v) is 6.11. The third kappa shape index (κ3) is 2.91. The maximum absolute atomic E-state index is 12.1. The predicted molar refractivity (Wildman–Crippen MR) is 69.3 cm³/mol. The van der Waals surface area contributed by atoms with Gasteiger partial charge in [-0.3, -0.25) is 4.79 Å². The number of fused-ring (bicyclic) bond motifs is 1. The van der Waals surface area contributed by atoms with Gasteiger partial charge in [0.25, 0.3) is 5.91 Å². The smallest absolute Gasteiger partial charge is 0.259 e. The Morgan fingerprint density at radius 3 is 2.94 bits per heavy atom. The van der Waals surface area contributed by atoms with E-state index in [4.69, 9.17) is 16.3 Å². The SMILES string of the molecule is Cc1ccc2c(n1)OC(CCCl)CN(C)C2=O.O. The van der Waals surface area contributed by atoms with Crippen LogP contribution < -0.4 is 4.74 Å². The third-order valence-electron chi connectivity index (χ3n) is 2.76. The Hall–Kier alpha value is -1.33. The zero-order valence-corrected chi connectivity index (χ0v) is 11.2. The van der Waals surface area contributed by atoms with E-state index in [-0.39, 0.29) is 17.5 Å². The van der Waals surface area contributed by atoms with E-state index >= 15 is 0 Å². The van der Waals surface area contributed by atoms with Crippen molar-refractivity contribution in [3.63, 3.8) is 0 Å². The van der Waals surface area contributed by atoms with Gasteiger partial charge in [0, 0.05) is 18.6 Å². The van der Waals surface area contributed by atoms with Crippen molar-refractivity contribution < 1.29 is 15.0 Å². The Kier molecular flexibility index (Phi) is 4.93. The number of rotatable bonds is 2. The standard InChI is InChI=1S/C12H15ClN2O2.H2O/c1-8-3-4-10-11(14-8)17-9(5-6-13)7-15(2)12(10)16;/h3-4,9H,5-7H2,1-2H3;1H2. The van der Waals surface area contributed by atoms with Crippen LogP contribution in [0.2, 0.25) is 0 Å². The normalized spacial score (nSPS) is 18.5. The number of nitrogens with zero attached hydrogens (tertiary/aromatic N) is 2. The van der Waals surface area contributed by atoms with Gasteiger partial charge in [0.1, 0.15) is 11.7 Å². The molecule has 5 nitrogen and oxygen atoms in total. The largest absolute Gasteiger partial charge is 0.472 e. The minimum absolute atomic E-state index is 0. The van der Waals surface area contributed by atoms with Crippen LogP contribution in [0.15, 0.2) is 12.1 Å². The molecular weight excluding hydrogens is 256 g/mol. The molecule has 0 saturated carbocycles. The molecular formula is C12H17ClN2O3. The molecule has 1 aromatic heterocycles. The minimum Gasteiger partial charge on any atom is -0.472 e. The van der Waals surface area contributed by atoms with Crippen molar-refractivity contribution in [2.75, 3.05) is 19.5 Å². The summed E-state index contributed by atoms with van der Waals surface area (Å²) in [6.07, 6.45) is 0.617. The van der Waals surface area contributed by atoms with E-state index in [0.29, 0.717) is 30.3 Å². The zero-order valence-electron chi connectivity index (χ0n) is 10.4. The van der Waals surface area contributed by atoms with Gasteiger partial charge in [-0.05, 0) is 25.5 Å². The fourth-order valence-corrected chi connectivity index (χ4v) is 2.09. The summed E-state index contributed by atoms with van der Waals surface area (Å²) in [4.78, 5) is 18.0. The molecule has 1 aromatic rings. The summed E-state index contributed by atoms with van der Waals surface area (Å²) in [5.74, 6) is 0.882. The number of halogens is 1. The Morgan fingerprint density at radius 1 is 1.56 bits per heavy atom. The van der Waals surface area contributed by atoms with E-state index in [2.05, 4.69) is 4.98 Å². The molecule has 1 aliphatic heterocycles. The summed E-state index contributed by atoms with van der Waals surface area (Å²) in [5.41, 5.74) is 1.36. The lowest BCUT2D eigenvalue weighted by Crippen LogP contribution is -2.34. The Balaban J connectivity index is 0.00000162. The van der Waals surface area contributed by atoms with Crippen LogP contribution in [0.3, 0.4) is 0 Å². The van der Waals surface area contributed by atoms with E-state index in [0.717, 1.165) is 5.69 Å². The van der Waals surface area contributed by atoms with Crippen molar-refractivity contribution in [1.82, 2.24) is 9.88 Å². The van der Waals surface area contributed by atoms with Crippen molar-refractivity contribution in [3.05, 3.63) is 23.4 Å². The molecule has 0 aliphatic carbocycles. The van der Waals surface area contributed by atoms with Crippen molar-refractivity contribution in [2.24, 2.45) is 0 Å². The van der Waals surface area contributed by atoms with E-state index in [1.165, 1.54) is 0 Å². The van der Waals surface area contributed by atoms with E-state index in [1.807, 2.05) is 13.0 Å². The molecule has 1 amide bonds.